The third-order valence-electron chi connectivity index (χ3n) is 8.35. The molecule has 0 saturated carbocycles. The minimum Gasteiger partial charge on any atom is -0.493 e. The number of para-hydroxylation sites is 1. The summed E-state index contributed by atoms with van der Waals surface area (Å²) in [5.74, 6) is -1.78. The Kier molecular flexibility index (Phi) is 9.91. The number of aromatic nitrogens is 1. The van der Waals surface area contributed by atoms with Gasteiger partial charge in [0.2, 0.25) is 5.91 Å². The lowest BCUT2D eigenvalue weighted by atomic mass is 10.0. The molecule has 0 spiro atoms. The van der Waals surface area contributed by atoms with E-state index < -0.39 is 36.1 Å². The maximum atomic E-state index is 14.6. The third kappa shape index (κ3) is 6.92. The fraction of sp³-hybridized carbons (Fsp3) is 0.184. The molecule has 1 aromatic heterocycles. The number of methoxy groups -OCH3 is 2. The van der Waals surface area contributed by atoms with E-state index in [1.807, 2.05) is 66.8 Å². The van der Waals surface area contributed by atoms with Crippen LogP contribution in [0.1, 0.15) is 27.0 Å². The van der Waals surface area contributed by atoms with Gasteiger partial charge in [0.1, 0.15) is 17.6 Å². The van der Waals surface area contributed by atoms with E-state index in [-0.39, 0.29) is 12.1 Å². The van der Waals surface area contributed by atoms with Crippen molar-refractivity contribution in [3.05, 3.63) is 119 Å². The highest BCUT2D eigenvalue weighted by Gasteiger charge is 2.40. The lowest BCUT2D eigenvalue weighted by Crippen LogP contribution is -2.46. The number of hydrogen-bond donors (Lipinski definition) is 1. The highest BCUT2D eigenvalue weighted by molar-refractivity contribution is 7.09. The maximum absolute atomic E-state index is 14.6. The van der Waals surface area contributed by atoms with E-state index in [1.165, 1.54) is 30.5 Å². The van der Waals surface area contributed by atoms with Gasteiger partial charge in [-0.05, 0) is 54.1 Å². The van der Waals surface area contributed by atoms with Crippen LogP contribution in [0, 0.1) is 0 Å². The zero-order chi connectivity index (χ0) is 35.4. The van der Waals surface area contributed by atoms with Gasteiger partial charge in [-0.2, -0.15) is 0 Å². The molecule has 5 aromatic rings. The van der Waals surface area contributed by atoms with Crippen LogP contribution in [-0.4, -0.2) is 68.2 Å². The summed E-state index contributed by atoms with van der Waals surface area (Å²) in [6.45, 7) is -0.549. The summed E-state index contributed by atoms with van der Waals surface area (Å²) in [6, 6.07) is 27.3. The van der Waals surface area contributed by atoms with E-state index in [0.29, 0.717) is 33.4 Å². The Balaban J connectivity index is 1.43. The monoisotopic (exact) mass is 689 g/mol. The van der Waals surface area contributed by atoms with Gasteiger partial charge in [0.15, 0.2) is 11.5 Å². The number of amides is 3. The number of hydrogen-bond acceptors (Lipinski definition) is 9. The number of fused-ring (bicyclic) bond motifs is 1. The lowest BCUT2D eigenvalue weighted by Gasteiger charge is -2.32. The van der Waals surface area contributed by atoms with Gasteiger partial charge in [-0.25, -0.2) is 4.98 Å². The molecule has 6 rings (SSSR count). The van der Waals surface area contributed by atoms with Crippen LogP contribution in [0.25, 0.3) is 11.3 Å². The Hall–Kier alpha value is -6.01. The maximum Gasteiger partial charge on any atom is 0.299 e. The molecule has 1 aliphatic heterocycles. The number of thiazole rings is 1. The van der Waals surface area contributed by atoms with Crippen LogP contribution in [0.2, 0.25) is 0 Å². The summed E-state index contributed by atoms with van der Waals surface area (Å²) in [5, 5.41) is 5.43. The SMILES string of the molecule is COc1ccc([C@@H](C(=O)Nc2ccc(N(C)C)cc2)N(Cc2nc(-c3ccccc3)cs2)C(=O)CN2C(=O)C(=O)c3ccccc32)cc1OC. The van der Waals surface area contributed by atoms with Gasteiger partial charge in [-0.15, -0.1) is 11.3 Å². The quantitative estimate of drug-likeness (QED) is 0.163. The second-order valence-corrected chi connectivity index (χ2v) is 12.6. The van der Waals surface area contributed by atoms with Gasteiger partial charge in [0.25, 0.3) is 17.6 Å². The molecule has 0 bridgehead atoms. The van der Waals surface area contributed by atoms with Crippen LogP contribution in [0.15, 0.2) is 102 Å². The summed E-state index contributed by atoms with van der Waals surface area (Å²) in [4.78, 5) is 64.3. The number of rotatable bonds is 12. The third-order valence-corrected chi connectivity index (χ3v) is 9.19. The van der Waals surface area contributed by atoms with Crippen LogP contribution in [0.5, 0.6) is 11.5 Å². The number of ketones is 1. The van der Waals surface area contributed by atoms with E-state index in [9.17, 15) is 19.2 Å². The number of carbonyl (C=O) groups is 4. The topological polar surface area (TPSA) is 121 Å². The largest absolute Gasteiger partial charge is 0.493 e. The van der Waals surface area contributed by atoms with E-state index >= 15 is 0 Å². The van der Waals surface area contributed by atoms with E-state index in [0.717, 1.165) is 21.8 Å². The predicted octanol–water partition coefficient (Wildman–Crippen LogP) is 5.83. The molecule has 0 saturated heterocycles. The van der Waals surface area contributed by atoms with Crippen molar-refractivity contribution in [2.24, 2.45) is 0 Å². The van der Waals surface area contributed by atoms with Gasteiger partial charge in [0, 0.05) is 36.4 Å². The number of ether oxygens (including phenoxy) is 2. The number of nitrogens with one attached hydrogen (secondary N) is 1. The Morgan fingerprint density at radius 1 is 0.880 bits per heavy atom. The highest BCUT2D eigenvalue weighted by Crippen LogP contribution is 2.35. The molecule has 1 atom stereocenters. The zero-order valence-corrected chi connectivity index (χ0v) is 28.8. The van der Waals surface area contributed by atoms with Gasteiger partial charge in [-0.3, -0.25) is 24.1 Å². The van der Waals surface area contributed by atoms with Crippen molar-refractivity contribution < 1.29 is 28.7 Å². The summed E-state index contributed by atoms with van der Waals surface area (Å²) < 4.78 is 11.0. The number of benzene rings is 4. The average molecular weight is 690 g/mol. The molecule has 0 aliphatic carbocycles. The second kappa shape index (κ2) is 14.6. The van der Waals surface area contributed by atoms with E-state index in [1.54, 1.807) is 54.6 Å². The minimum absolute atomic E-state index is 0.0695. The summed E-state index contributed by atoms with van der Waals surface area (Å²) in [5.41, 5.74) is 4.08. The molecule has 1 aliphatic rings. The predicted molar refractivity (Wildman–Crippen MR) is 193 cm³/mol. The molecular formula is C38H35N5O6S. The average Bonchev–Trinajstić information content (AvgIpc) is 3.70. The molecule has 12 heteroatoms. The highest BCUT2D eigenvalue weighted by atomic mass is 32.1. The minimum atomic E-state index is -1.22. The van der Waals surface area contributed by atoms with Crippen LogP contribution in [0.3, 0.4) is 0 Å². The number of carbonyl (C=O) groups excluding carboxylic acids is 4. The Morgan fingerprint density at radius 3 is 2.28 bits per heavy atom. The van der Waals surface area contributed by atoms with Crippen LogP contribution < -0.4 is 24.6 Å². The Morgan fingerprint density at radius 2 is 1.58 bits per heavy atom. The molecule has 0 fully saturated rings. The van der Waals surface area contributed by atoms with Crippen molar-refractivity contribution in [1.82, 2.24) is 9.88 Å². The summed E-state index contributed by atoms with van der Waals surface area (Å²) >= 11 is 1.35. The Bertz CT molecular complexity index is 2050. The Labute approximate surface area is 293 Å². The van der Waals surface area contributed by atoms with Crippen molar-refractivity contribution in [2.45, 2.75) is 12.6 Å². The fourth-order valence-electron chi connectivity index (χ4n) is 5.77. The van der Waals surface area contributed by atoms with Gasteiger partial charge >= 0.3 is 0 Å². The first kappa shape index (κ1) is 33.9. The van der Waals surface area contributed by atoms with Crippen molar-refractivity contribution in [3.63, 3.8) is 0 Å². The van der Waals surface area contributed by atoms with Crippen LogP contribution in [-0.2, 0) is 20.9 Å². The van der Waals surface area contributed by atoms with Crippen molar-refractivity contribution in [2.75, 3.05) is 50.0 Å². The normalized spacial score (nSPS) is 12.7. The standard InChI is InChI=1S/C38H35N5O6S/c1-41(2)27-17-15-26(16-18-27)39-37(46)35(25-14-19-31(48-3)32(20-25)49-4)43(21-33-40-29(23-50-33)24-10-6-5-7-11-24)34(44)22-42-30-13-9-8-12-28(30)36(45)38(42)47/h5-20,23,35H,21-22H2,1-4H3,(H,39,46)/t35-/m0/s1. The lowest BCUT2D eigenvalue weighted by molar-refractivity contribution is -0.139. The molecule has 3 amide bonds. The van der Waals surface area contributed by atoms with Crippen molar-refractivity contribution >= 4 is 51.9 Å². The van der Waals surface area contributed by atoms with Gasteiger partial charge in [-0.1, -0.05) is 48.5 Å². The summed E-state index contributed by atoms with van der Waals surface area (Å²) in [7, 11) is 6.83. The zero-order valence-electron chi connectivity index (χ0n) is 28.0. The molecule has 50 heavy (non-hydrogen) atoms. The van der Waals surface area contributed by atoms with E-state index in [2.05, 4.69) is 5.32 Å². The molecule has 4 aromatic carbocycles. The smallest absolute Gasteiger partial charge is 0.299 e. The fourth-order valence-corrected chi connectivity index (χ4v) is 6.58. The first-order chi connectivity index (χ1) is 24.2. The molecule has 2 heterocycles. The molecular weight excluding hydrogens is 655 g/mol. The summed E-state index contributed by atoms with van der Waals surface area (Å²) in [6.07, 6.45) is 0. The molecule has 0 unspecified atom stereocenters. The van der Waals surface area contributed by atoms with Crippen molar-refractivity contribution in [1.29, 1.82) is 0 Å². The number of anilines is 3. The van der Waals surface area contributed by atoms with Crippen molar-refractivity contribution in [3.8, 4) is 22.8 Å². The van der Waals surface area contributed by atoms with Gasteiger partial charge < -0.3 is 24.6 Å². The molecule has 254 valence electrons. The molecule has 0 radical (unpaired) electrons. The second-order valence-electron chi connectivity index (χ2n) is 11.7. The first-order valence-corrected chi connectivity index (χ1v) is 16.6. The number of Topliss-reactive ketones (excluding diaryl/α,β-unsaturated/α-hetero) is 1. The van der Waals surface area contributed by atoms with Gasteiger partial charge in [0.05, 0.1) is 37.7 Å². The van der Waals surface area contributed by atoms with Crippen LogP contribution in [0.4, 0.5) is 17.1 Å². The molecule has 11 nitrogen and oxygen atoms in total. The number of nitrogens with zero attached hydrogens (tertiary/aromatic N) is 4. The first-order valence-electron chi connectivity index (χ1n) is 15.7. The van der Waals surface area contributed by atoms with E-state index in [4.69, 9.17) is 14.5 Å². The molecule has 1 N–H and O–H groups in total. The van der Waals surface area contributed by atoms with Crippen LogP contribution >= 0.6 is 11.3 Å².